The van der Waals surface area contributed by atoms with E-state index in [1.54, 1.807) is 0 Å². The summed E-state index contributed by atoms with van der Waals surface area (Å²) in [5, 5.41) is 4.61. The Balaban J connectivity index is 2.52. The lowest BCUT2D eigenvalue weighted by molar-refractivity contribution is -0.118. The first-order chi connectivity index (χ1) is 9.82. The van der Waals surface area contributed by atoms with Crippen molar-refractivity contribution >= 4 is 27.3 Å². The van der Waals surface area contributed by atoms with Gasteiger partial charge in [-0.15, -0.1) is 0 Å². The molecule has 0 aromatic heterocycles. The quantitative estimate of drug-likeness (QED) is 0.612. The molecule has 0 saturated carbocycles. The predicted molar refractivity (Wildman–Crippen MR) is 75.7 cm³/mol. The van der Waals surface area contributed by atoms with Gasteiger partial charge < -0.3 is 16.4 Å². The molecule has 1 rings (SSSR count). The van der Waals surface area contributed by atoms with Crippen molar-refractivity contribution in [1.29, 1.82) is 0 Å². The number of hydrogen-bond acceptors (Lipinski definition) is 5. The second kappa shape index (κ2) is 7.70. The molecular weight excluding hydrogens is 301 g/mol. The molecule has 0 bridgehead atoms. The highest BCUT2D eigenvalue weighted by Gasteiger charge is 2.20. The molecule has 0 spiro atoms. The molecule has 2 amide bonds. The lowest BCUT2D eigenvalue weighted by atomic mass is 10.3. The van der Waals surface area contributed by atoms with E-state index in [0.717, 1.165) is 12.1 Å². The van der Waals surface area contributed by atoms with Crippen molar-refractivity contribution in [3.63, 3.8) is 0 Å². The van der Waals surface area contributed by atoms with Crippen LogP contribution in [0.25, 0.3) is 0 Å². The van der Waals surface area contributed by atoms with E-state index >= 15 is 0 Å². The Kier molecular flexibility index (Phi) is 6.25. The standard InChI is InChI=1S/C12H16FN3O4S/c13-9-1-3-10(4-2-9)16-12(18)8-21(19,20)7-11(17)15-6-5-14/h1-4H,5-8,14H2,(H,15,17)(H,16,18). The fraction of sp³-hybridized carbons (Fsp3) is 0.333. The van der Waals surface area contributed by atoms with Crippen molar-refractivity contribution in [2.45, 2.75) is 0 Å². The molecule has 0 heterocycles. The second-order valence-electron chi connectivity index (χ2n) is 4.23. The zero-order chi connectivity index (χ0) is 15.9. The lowest BCUT2D eigenvalue weighted by Gasteiger charge is -2.07. The van der Waals surface area contributed by atoms with Gasteiger partial charge in [0.1, 0.15) is 17.3 Å². The van der Waals surface area contributed by atoms with E-state index in [-0.39, 0.29) is 18.8 Å². The zero-order valence-corrected chi connectivity index (χ0v) is 12.0. The van der Waals surface area contributed by atoms with Crippen LogP contribution in [0, 0.1) is 5.82 Å². The van der Waals surface area contributed by atoms with Gasteiger partial charge in [-0.1, -0.05) is 0 Å². The molecule has 4 N–H and O–H groups in total. The van der Waals surface area contributed by atoms with Crippen LogP contribution < -0.4 is 16.4 Å². The minimum atomic E-state index is -3.88. The molecule has 116 valence electrons. The second-order valence-corrected chi connectivity index (χ2v) is 6.29. The molecule has 0 aliphatic rings. The average Bonchev–Trinajstić information content (AvgIpc) is 2.37. The summed E-state index contributed by atoms with van der Waals surface area (Å²) in [6.07, 6.45) is 0. The van der Waals surface area contributed by atoms with E-state index in [1.165, 1.54) is 12.1 Å². The van der Waals surface area contributed by atoms with Gasteiger partial charge in [-0.2, -0.15) is 0 Å². The number of halogens is 1. The van der Waals surface area contributed by atoms with Gasteiger partial charge in [0.25, 0.3) is 0 Å². The lowest BCUT2D eigenvalue weighted by Crippen LogP contribution is -2.36. The van der Waals surface area contributed by atoms with Crippen molar-refractivity contribution in [3.05, 3.63) is 30.1 Å². The Hall–Kier alpha value is -2.00. The number of amides is 2. The van der Waals surface area contributed by atoms with Crippen LogP contribution in [-0.4, -0.2) is 44.8 Å². The third-order valence-corrected chi connectivity index (χ3v) is 3.70. The molecule has 0 unspecified atom stereocenters. The van der Waals surface area contributed by atoms with E-state index in [2.05, 4.69) is 10.6 Å². The van der Waals surface area contributed by atoms with Gasteiger partial charge in [-0.3, -0.25) is 9.59 Å². The number of anilines is 1. The van der Waals surface area contributed by atoms with Crippen LogP contribution in [0.1, 0.15) is 0 Å². The van der Waals surface area contributed by atoms with Crippen LogP contribution >= 0.6 is 0 Å². The number of nitrogens with one attached hydrogen (secondary N) is 2. The fourth-order valence-electron chi connectivity index (χ4n) is 1.44. The Bertz CT molecular complexity index is 601. The van der Waals surface area contributed by atoms with Crippen molar-refractivity contribution in [1.82, 2.24) is 5.32 Å². The maximum absolute atomic E-state index is 12.7. The van der Waals surface area contributed by atoms with E-state index in [0.29, 0.717) is 0 Å². The van der Waals surface area contributed by atoms with Crippen LogP contribution in [0.15, 0.2) is 24.3 Å². The number of rotatable bonds is 7. The molecule has 0 atom stereocenters. The van der Waals surface area contributed by atoms with Crippen LogP contribution in [0.5, 0.6) is 0 Å². The molecular formula is C12H16FN3O4S. The first-order valence-electron chi connectivity index (χ1n) is 6.05. The van der Waals surface area contributed by atoms with Crippen LogP contribution in [0.2, 0.25) is 0 Å². The molecule has 7 nitrogen and oxygen atoms in total. The molecule has 0 radical (unpaired) electrons. The van der Waals surface area contributed by atoms with Crippen molar-refractivity contribution in [2.24, 2.45) is 5.73 Å². The van der Waals surface area contributed by atoms with E-state index in [4.69, 9.17) is 5.73 Å². The molecule has 1 aromatic rings. The minimum absolute atomic E-state index is 0.163. The minimum Gasteiger partial charge on any atom is -0.354 e. The Morgan fingerprint density at radius 2 is 1.67 bits per heavy atom. The molecule has 0 aliphatic heterocycles. The van der Waals surface area contributed by atoms with E-state index in [1.807, 2.05) is 0 Å². The number of benzene rings is 1. The number of carbonyl (C=O) groups excluding carboxylic acids is 2. The largest absolute Gasteiger partial charge is 0.354 e. The third-order valence-electron chi connectivity index (χ3n) is 2.30. The van der Waals surface area contributed by atoms with Gasteiger partial charge in [0.2, 0.25) is 11.8 Å². The summed E-state index contributed by atoms with van der Waals surface area (Å²) in [7, 11) is -3.88. The van der Waals surface area contributed by atoms with Crippen molar-refractivity contribution in [2.75, 3.05) is 29.9 Å². The molecule has 0 fully saturated rings. The zero-order valence-electron chi connectivity index (χ0n) is 11.1. The normalized spacial score (nSPS) is 11.0. The van der Waals surface area contributed by atoms with Crippen LogP contribution in [-0.2, 0) is 19.4 Å². The van der Waals surface area contributed by atoms with Gasteiger partial charge in [0, 0.05) is 18.8 Å². The summed E-state index contributed by atoms with van der Waals surface area (Å²) >= 11 is 0. The average molecular weight is 317 g/mol. The molecule has 9 heteroatoms. The molecule has 1 aromatic carbocycles. The summed E-state index contributed by atoms with van der Waals surface area (Å²) in [6.45, 7) is 0.354. The van der Waals surface area contributed by atoms with Crippen molar-refractivity contribution < 1.29 is 22.4 Å². The number of hydrogen-bond donors (Lipinski definition) is 3. The summed E-state index contributed by atoms with van der Waals surface area (Å²) in [4.78, 5) is 22.8. The van der Waals surface area contributed by atoms with Gasteiger partial charge in [0.05, 0.1) is 0 Å². The van der Waals surface area contributed by atoms with E-state index < -0.39 is 39.0 Å². The maximum atomic E-state index is 12.7. The highest BCUT2D eigenvalue weighted by atomic mass is 32.2. The predicted octanol–water partition coefficient (Wildman–Crippen LogP) is -0.746. The highest BCUT2D eigenvalue weighted by molar-refractivity contribution is 7.92. The first kappa shape index (κ1) is 17.1. The summed E-state index contributed by atoms with van der Waals surface area (Å²) in [5.41, 5.74) is 5.43. The SMILES string of the molecule is NCCNC(=O)CS(=O)(=O)CC(=O)Nc1ccc(F)cc1. The maximum Gasteiger partial charge on any atom is 0.239 e. The molecule has 0 aliphatic carbocycles. The summed E-state index contributed by atoms with van der Waals surface area (Å²) in [5.74, 6) is -3.61. The number of carbonyl (C=O) groups is 2. The molecule has 21 heavy (non-hydrogen) atoms. The van der Waals surface area contributed by atoms with Gasteiger partial charge >= 0.3 is 0 Å². The molecule has 0 saturated heterocycles. The Morgan fingerprint density at radius 3 is 2.24 bits per heavy atom. The van der Waals surface area contributed by atoms with E-state index in [9.17, 15) is 22.4 Å². The third kappa shape index (κ3) is 6.82. The van der Waals surface area contributed by atoms with Crippen LogP contribution in [0.4, 0.5) is 10.1 Å². The van der Waals surface area contributed by atoms with Crippen molar-refractivity contribution in [3.8, 4) is 0 Å². The first-order valence-corrected chi connectivity index (χ1v) is 7.87. The number of sulfone groups is 1. The summed E-state index contributed by atoms with van der Waals surface area (Å²) < 4.78 is 36.0. The highest BCUT2D eigenvalue weighted by Crippen LogP contribution is 2.08. The smallest absolute Gasteiger partial charge is 0.239 e. The summed E-state index contributed by atoms with van der Waals surface area (Å²) in [6, 6.07) is 4.86. The van der Waals surface area contributed by atoms with Crippen LogP contribution in [0.3, 0.4) is 0 Å². The fourth-order valence-corrected chi connectivity index (χ4v) is 2.52. The topological polar surface area (TPSA) is 118 Å². The van der Waals surface area contributed by atoms with Gasteiger partial charge in [-0.25, -0.2) is 12.8 Å². The number of nitrogens with two attached hydrogens (primary N) is 1. The Labute approximate surface area is 121 Å². The van der Waals surface area contributed by atoms with Gasteiger partial charge in [-0.05, 0) is 24.3 Å². The van der Waals surface area contributed by atoms with Gasteiger partial charge in [0.15, 0.2) is 9.84 Å². The monoisotopic (exact) mass is 317 g/mol. The Morgan fingerprint density at radius 1 is 1.10 bits per heavy atom.